The Labute approximate surface area is 133 Å². The Kier molecular flexibility index (Phi) is 7.29. The van der Waals surface area contributed by atoms with E-state index in [4.69, 9.17) is 15.2 Å². The Morgan fingerprint density at radius 1 is 1.14 bits per heavy atom. The third-order valence-electron chi connectivity index (χ3n) is 4.29. The molecule has 0 aliphatic heterocycles. The second-order valence-electron chi connectivity index (χ2n) is 5.50. The molecule has 1 fully saturated rings. The highest BCUT2D eigenvalue weighted by atomic mass is 35.5. The van der Waals surface area contributed by atoms with Crippen molar-refractivity contribution in [3.63, 3.8) is 0 Å². The van der Waals surface area contributed by atoms with Crippen molar-refractivity contribution in [3.05, 3.63) is 23.8 Å². The molecular weight excluding hydrogens is 290 g/mol. The molecule has 0 spiro atoms. The zero-order chi connectivity index (χ0) is 14.5. The molecule has 1 aliphatic carbocycles. The quantitative estimate of drug-likeness (QED) is 0.876. The standard InChI is InChI=1S/C16H25NO3.ClH/c1-19-13-10-6-9-12(16(13)20-2)14(17)15(18)11-7-4-3-5-8-11;/h6,9-11,14-15,18H,3-5,7-8,17H2,1-2H3;1H/t14-,15+;/m0./s1. The highest BCUT2D eigenvalue weighted by molar-refractivity contribution is 5.85. The summed E-state index contributed by atoms with van der Waals surface area (Å²) in [7, 11) is 3.20. The summed E-state index contributed by atoms with van der Waals surface area (Å²) in [6.45, 7) is 0. The fraction of sp³-hybridized carbons (Fsp3) is 0.625. The van der Waals surface area contributed by atoms with Crippen LogP contribution in [0.2, 0.25) is 0 Å². The van der Waals surface area contributed by atoms with Crippen LogP contribution in [0.25, 0.3) is 0 Å². The first-order chi connectivity index (χ1) is 9.69. The second-order valence-corrected chi connectivity index (χ2v) is 5.50. The molecule has 1 aliphatic rings. The number of rotatable bonds is 5. The van der Waals surface area contributed by atoms with E-state index in [1.807, 2.05) is 18.2 Å². The Bertz CT molecular complexity index is 436. The molecule has 4 nitrogen and oxygen atoms in total. The van der Waals surface area contributed by atoms with Gasteiger partial charge in [0.1, 0.15) is 0 Å². The molecule has 120 valence electrons. The summed E-state index contributed by atoms with van der Waals surface area (Å²) in [5, 5.41) is 10.6. The van der Waals surface area contributed by atoms with Gasteiger partial charge in [-0.3, -0.25) is 0 Å². The number of hydrogen-bond donors (Lipinski definition) is 2. The summed E-state index contributed by atoms with van der Waals surface area (Å²) in [6, 6.07) is 5.17. The molecule has 1 aromatic carbocycles. The van der Waals surface area contributed by atoms with Gasteiger partial charge in [0.05, 0.1) is 26.4 Å². The molecule has 0 heterocycles. The van der Waals surface area contributed by atoms with Crippen LogP contribution < -0.4 is 15.2 Å². The summed E-state index contributed by atoms with van der Waals surface area (Å²) in [4.78, 5) is 0. The Hall–Kier alpha value is -0.970. The smallest absolute Gasteiger partial charge is 0.165 e. The third kappa shape index (κ3) is 4.02. The van der Waals surface area contributed by atoms with E-state index >= 15 is 0 Å². The van der Waals surface area contributed by atoms with E-state index in [2.05, 4.69) is 0 Å². The highest BCUT2D eigenvalue weighted by Crippen LogP contribution is 2.38. The highest BCUT2D eigenvalue weighted by Gasteiger charge is 2.29. The summed E-state index contributed by atoms with van der Waals surface area (Å²) in [5.41, 5.74) is 7.09. The molecule has 0 unspecified atom stereocenters. The van der Waals surface area contributed by atoms with E-state index in [9.17, 15) is 5.11 Å². The number of nitrogens with two attached hydrogens (primary N) is 1. The molecule has 0 aromatic heterocycles. The maximum atomic E-state index is 10.6. The molecule has 3 N–H and O–H groups in total. The molecule has 21 heavy (non-hydrogen) atoms. The van der Waals surface area contributed by atoms with Crippen molar-refractivity contribution in [2.75, 3.05) is 14.2 Å². The SMILES string of the molecule is COc1cccc([C@H](N)[C@H](O)C2CCCCC2)c1OC.Cl. The van der Waals surface area contributed by atoms with Gasteiger partial charge in [0.25, 0.3) is 0 Å². The van der Waals surface area contributed by atoms with Crippen LogP contribution >= 0.6 is 12.4 Å². The zero-order valence-corrected chi connectivity index (χ0v) is 13.6. The van der Waals surface area contributed by atoms with Gasteiger partial charge in [-0.1, -0.05) is 31.4 Å². The van der Waals surface area contributed by atoms with E-state index < -0.39 is 12.1 Å². The van der Waals surface area contributed by atoms with Gasteiger partial charge in [-0.15, -0.1) is 12.4 Å². The number of halogens is 1. The Morgan fingerprint density at radius 3 is 2.38 bits per heavy atom. The van der Waals surface area contributed by atoms with Crippen LogP contribution in [0.5, 0.6) is 11.5 Å². The van der Waals surface area contributed by atoms with Gasteiger partial charge in [0.2, 0.25) is 0 Å². The fourth-order valence-electron chi connectivity index (χ4n) is 3.13. The number of methoxy groups -OCH3 is 2. The van der Waals surface area contributed by atoms with Crippen LogP contribution in [0.15, 0.2) is 18.2 Å². The molecule has 2 atom stereocenters. The van der Waals surface area contributed by atoms with Crippen molar-refractivity contribution in [2.45, 2.75) is 44.2 Å². The van der Waals surface area contributed by atoms with E-state index in [1.165, 1.54) is 19.3 Å². The van der Waals surface area contributed by atoms with Gasteiger partial charge in [0.15, 0.2) is 11.5 Å². The van der Waals surface area contributed by atoms with Gasteiger partial charge in [-0.2, -0.15) is 0 Å². The van der Waals surface area contributed by atoms with Crippen LogP contribution in [0.4, 0.5) is 0 Å². The lowest BCUT2D eigenvalue weighted by Gasteiger charge is -2.31. The molecule has 1 aromatic rings. The maximum absolute atomic E-state index is 10.6. The van der Waals surface area contributed by atoms with Crippen molar-refractivity contribution in [3.8, 4) is 11.5 Å². The van der Waals surface area contributed by atoms with Gasteiger partial charge < -0.3 is 20.3 Å². The van der Waals surface area contributed by atoms with Gasteiger partial charge in [-0.05, 0) is 24.8 Å². The summed E-state index contributed by atoms with van der Waals surface area (Å²) < 4.78 is 10.7. The lowest BCUT2D eigenvalue weighted by molar-refractivity contribution is 0.0610. The number of ether oxygens (including phenoxy) is 2. The molecule has 0 amide bonds. The third-order valence-corrected chi connectivity index (χ3v) is 4.29. The predicted octanol–water partition coefficient (Wildman–Crippen LogP) is 3.07. The fourth-order valence-corrected chi connectivity index (χ4v) is 3.13. The lowest BCUT2D eigenvalue weighted by atomic mass is 9.81. The summed E-state index contributed by atoms with van der Waals surface area (Å²) in [6.07, 6.45) is 5.22. The van der Waals surface area contributed by atoms with E-state index in [0.717, 1.165) is 18.4 Å². The van der Waals surface area contributed by atoms with E-state index in [1.54, 1.807) is 14.2 Å². The largest absolute Gasteiger partial charge is 0.493 e. The average molecular weight is 316 g/mol. The van der Waals surface area contributed by atoms with Crippen molar-refractivity contribution in [1.29, 1.82) is 0 Å². The molecular formula is C16H26ClNO3. The monoisotopic (exact) mass is 315 g/mol. The minimum absolute atomic E-state index is 0. The van der Waals surface area contributed by atoms with E-state index in [0.29, 0.717) is 11.5 Å². The second kappa shape index (κ2) is 8.47. The minimum Gasteiger partial charge on any atom is -0.493 e. The average Bonchev–Trinajstić information content (AvgIpc) is 2.53. The summed E-state index contributed by atoms with van der Waals surface area (Å²) >= 11 is 0. The van der Waals surface area contributed by atoms with Crippen molar-refractivity contribution >= 4 is 12.4 Å². The number of aliphatic hydroxyl groups excluding tert-OH is 1. The number of hydrogen-bond acceptors (Lipinski definition) is 4. The van der Waals surface area contributed by atoms with Crippen molar-refractivity contribution in [2.24, 2.45) is 11.7 Å². The van der Waals surface area contributed by atoms with Crippen molar-refractivity contribution in [1.82, 2.24) is 0 Å². The first kappa shape index (κ1) is 18.1. The predicted molar refractivity (Wildman–Crippen MR) is 86.3 cm³/mol. The Morgan fingerprint density at radius 2 is 1.81 bits per heavy atom. The van der Waals surface area contributed by atoms with Gasteiger partial charge in [0, 0.05) is 5.56 Å². The van der Waals surface area contributed by atoms with E-state index in [-0.39, 0.29) is 18.3 Å². The molecule has 0 radical (unpaired) electrons. The molecule has 1 saturated carbocycles. The van der Waals surface area contributed by atoms with Crippen LogP contribution in [0.1, 0.15) is 43.7 Å². The maximum Gasteiger partial charge on any atom is 0.165 e. The molecule has 2 rings (SSSR count). The van der Waals surface area contributed by atoms with Crippen molar-refractivity contribution < 1.29 is 14.6 Å². The molecule has 0 saturated heterocycles. The minimum atomic E-state index is -0.531. The van der Waals surface area contributed by atoms with Gasteiger partial charge in [-0.25, -0.2) is 0 Å². The van der Waals surface area contributed by atoms with Crippen LogP contribution in [-0.2, 0) is 0 Å². The molecule has 5 heteroatoms. The Balaban J connectivity index is 0.00000220. The first-order valence-corrected chi connectivity index (χ1v) is 7.33. The van der Waals surface area contributed by atoms with Crippen LogP contribution in [-0.4, -0.2) is 25.4 Å². The molecule has 0 bridgehead atoms. The topological polar surface area (TPSA) is 64.7 Å². The number of benzene rings is 1. The van der Waals surface area contributed by atoms with Crippen LogP contribution in [0, 0.1) is 5.92 Å². The normalized spacial score (nSPS) is 18.5. The first-order valence-electron chi connectivity index (χ1n) is 7.33. The summed E-state index contributed by atoms with van der Waals surface area (Å²) in [5.74, 6) is 1.56. The number of aliphatic hydroxyl groups is 1. The lowest BCUT2D eigenvalue weighted by Crippen LogP contribution is -2.34. The van der Waals surface area contributed by atoms with Gasteiger partial charge >= 0.3 is 0 Å². The zero-order valence-electron chi connectivity index (χ0n) is 12.7. The number of para-hydroxylation sites is 1. The van der Waals surface area contributed by atoms with Crippen LogP contribution in [0.3, 0.4) is 0 Å².